The number of ether oxygens (including phenoxy) is 1. The molecule has 7 aliphatic rings. The number of hydrogen-bond donors (Lipinski definition) is 6. The number of rotatable bonds is 17. The molecule has 4 aromatic carbocycles. The number of carbonyl (C=O) groups is 2. The molecule has 32 nitrogen and oxygen atoms in total. The van der Waals surface area contributed by atoms with Gasteiger partial charge in [-0.1, -0.05) is 181 Å². The van der Waals surface area contributed by atoms with Crippen molar-refractivity contribution in [3.63, 3.8) is 0 Å². The highest BCUT2D eigenvalue weighted by Crippen LogP contribution is 2.35. The molecular weight excluding hydrogens is 1880 g/mol. The first-order chi connectivity index (χ1) is 66.2. The van der Waals surface area contributed by atoms with Gasteiger partial charge in [0.05, 0.1) is 97.2 Å². The van der Waals surface area contributed by atoms with E-state index in [-0.39, 0.29) is 39.2 Å². The van der Waals surface area contributed by atoms with Crippen molar-refractivity contribution in [1.29, 1.82) is 0 Å². The number of nitrogens with zero attached hydrogens (tertiary/aromatic N) is 18. The van der Waals surface area contributed by atoms with E-state index in [9.17, 15) is 50.0 Å². The van der Waals surface area contributed by atoms with Crippen LogP contribution in [0.3, 0.4) is 0 Å². The predicted octanol–water partition coefficient (Wildman–Crippen LogP) is 12.1. The number of benzene rings is 4. The van der Waals surface area contributed by atoms with Gasteiger partial charge in [-0.2, -0.15) is 0 Å². The van der Waals surface area contributed by atoms with Crippen molar-refractivity contribution in [2.75, 3.05) is 139 Å². The van der Waals surface area contributed by atoms with Crippen molar-refractivity contribution >= 4 is 80.1 Å². The Morgan fingerprint density at radius 3 is 0.978 bits per heavy atom. The average molecular weight is 1990 g/mol. The van der Waals surface area contributed by atoms with Crippen molar-refractivity contribution in [1.82, 2.24) is 121 Å². The second-order valence-corrected chi connectivity index (χ2v) is 34.6. The van der Waals surface area contributed by atoms with Crippen molar-refractivity contribution in [2.24, 2.45) is 0 Å². The first kappa shape index (κ1) is 109. The minimum Gasteiger partial charge on any atom is -0.468 e. The third-order valence-corrected chi connectivity index (χ3v) is 23.5. The normalized spacial score (nSPS) is 14.7. The third-order valence-electron chi connectivity index (χ3n) is 20.6. The molecule has 137 heavy (non-hydrogen) atoms. The van der Waals surface area contributed by atoms with Gasteiger partial charge in [0.2, 0.25) is 15.0 Å². The van der Waals surface area contributed by atoms with E-state index in [4.69, 9.17) is 27.9 Å². The number of hydrazine groups is 5. The molecule has 0 bridgehead atoms. The molecule has 0 radical (unpaired) electrons. The van der Waals surface area contributed by atoms with Crippen LogP contribution in [0.5, 0.6) is 0 Å². The van der Waals surface area contributed by atoms with Crippen LogP contribution in [-0.4, -0.2) is 247 Å². The summed E-state index contributed by atoms with van der Waals surface area (Å²) in [6, 6.07) is 29.3. The van der Waals surface area contributed by atoms with E-state index in [0.29, 0.717) is 128 Å². The first-order valence-corrected chi connectivity index (χ1v) is 49.6. The molecule has 42 heteroatoms. The number of alkyl halides is 2. The molecule has 18 rings (SSSR count). The molecule has 1 unspecified atom stereocenters. The second-order valence-electron chi connectivity index (χ2n) is 29.7. The number of sulfone groups is 1. The number of fused-ring (bicyclic) bond motifs is 3. The number of ketones is 1. The molecule has 0 saturated carbocycles. The lowest BCUT2D eigenvalue weighted by Gasteiger charge is -2.28. The SMILES string of the molecule is C1=CCNNC1.C1=CCNNC1.CN1CC=CCN1C.CN1CC=CCN1C.CNNC.COC(=O)C(C(=O)c1ccnc(SC)n1)c1ccc(F)cc1.CS(=O)(=O)c1nccc(-c2c(-c3ccc(F)cc3)c(=O)n3n2CC=CC3)n1.CSc1nccc(-c2c(-c3ccc(F)cc3)c(=O)n3n2CC=CC3)n1.CSc1nccc(-c2c(-c3ccc(F)cc3)c(=O)n3n2CC=CC3)n1.ClC/C=C\CCl. The van der Waals surface area contributed by atoms with Crippen LogP contribution >= 0.6 is 58.5 Å². The minimum absolute atomic E-state index is 0.102. The molecule has 7 aromatic heterocycles. The summed E-state index contributed by atoms with van der Waals surface area (Å²) in [4.78, 5) is 97.3. The maximum Gasteiger partial charge on any atom is 0.321 e. The molecule has 7 aliphatic heterocycles. The lowest BCUT2D eigenvalue weighted by molar-refractivity contribution is -0.141. The summed E-state index contributed by atoms with van der Waals surface area (Å²) in [7, 11) is 9.57. The molecule has 0 fully saturated rings. The fraction of sp³-hybridized carbons (Fsp3) is 0.295. The van der Waals surface area contributed by atoms with E-state index in [2.05, 4.69) is 169 Å². The molecule has 11 aromatic rings. The molecule has 6 N–H and O–H groups in total. The largest absolute Gasteiger partial charge is 0.468 e. The zero-order valence-electron chi connectivity index (χ0n) is 77.7. The Labute approximate surface area is 816 Å². The van der Waals surface area contributed by atoms with Crippen LogP contribution in [0.25, 0.3) is 67.5 Å². The number of nitrogens with one attached hydrogen (secondary N) is 6. The molecule has 1 atom stereocenters. The number of Topliss-reactive ketones (excluding diaryl/α,β-unsaturated/α-hetero) is 1. The van der Waals surface area contributed by atoms with Crippen molar-refractivity contribution < 1.29 is 40.3 Å². The highest BCUT2D eigenvalue weighted by molar-refractivity contribution is 7.98. The Kier molecular flexibility index (Phi) is 45.1. The van der Waals surface area contributed by atoms with Gasteiger partial charge in [0, 0.05) is 123 Å². The summed E-state index contributed by atoms with van der Waals surface area (Å²) in [5, 5.41) is 10.1. The molecular formula is C95H112Cl2F4N24O8S4. The van der Waals surface area contributed by atoms with Gasteiger partial charge in [-0.05, 0) is 128 Å². The highest BCUT2D eigenvalue weighted by atomic mass is 35.5. The zero-order chi connectivity index (χ0) is 98.8. The van der Waals surface area contributed by atoms with E-state index in [1.807, 2.05) is 84.6 Å². The summed E-state index contributed by atoms with van der Waals surface area (Å²) >= 11 is 14.6. The number of likely N-dealkylation sites (N-methyl/N-ethyl adjacent to an activating group) is 4. The summed E-state index contributed by atoms with van der Waals surface area (Å²) in [6.45, 7) is 11.1. The van der Waals surface area contributed by atoms with Crippen LogP contribution in [0.1, 0.15) is 22.0 Å². The highest BCUT2D eigenvalue weighted by Gasteiger charge is 2.33. The Morgan fingerprint density at radius 2 is 0.701 bits per heavy atom. The van der Waals surface area contributed by atoms with Crippen LogP contribution in [0, 0.1) is 23.3 Å². The molecule has 0 amide bonds. The van der Waals surface area contributed by atoms with E-state index >= 15 is 0 Å². The molecule has 0 aliphatic carbocycles. The molecule has 14 heterocycles. The quantitative estimate of drug-likeness (QED) is 0.00567. The number of hydrogen-bond acceptors (Lipinski definition) is 29. The minimum atomic E-state index is -3.61. The maximum absolute atomic E-state index is 13.4. The van der Waals surface area contributed by atoms with Crippen molar-refractivity contribution in [3.05, 3.63) is 309 Å². The third kappa shape index (κ3) is 31.9. The predicted molar refractivity (Wildman–Crippen MR) is 537 cm³/mol. The summed E-state index contributed by atoms with van der Waals surface area (Å²) < 4.78 is 92.0. The maximum atomic E-state index is 13.4. The number of methoxy groups -OCH3 is 1. The van der Waals surface area contributed by atoms with Crippen LogP contribution in [0.4, 0.5) is 17.6 Å². The average Bonchev–Trinajstić information content (AvgIpc) is 1.60. The van der Waals surface area contributed by atoms with Gasteiger partial charge in [-0.3, -0.25) is 70.6 Å². The van der Waals surface area contributed by atoms with Crippen LogP contribution < -0.4 is 49.2 Å². The van der Waals surface area contributed by atoms with Gasteiger partial charge in [-0.25, -0.2) is 99.9 Å². The number of carbonyl (C=O) groups excluding carboxylic acids is 2. The molecule has 0 spiro atoms. The van der Waals surface area contributed by atoms with Crippen molar-refractivity contribution in [2.45, 2.75) is 65.8 Å². The Bertz CT molecular complexity index is 6070. The zero-order valence-corrected chi connectivity index (χ0v) is 82.5. The number of allylic oxidation sites excluding steroid dienone is 8. The fourth-order valence-electron chi connectivity index (χ4n) is 13.5. The topological polar surface area (TPSA) is 347 Å². The Balaban J connectivity index is 0.000000181. The number of esters is 1. The van der Waals surface area contributed by atoms with Gasteiger partial charge in [-0.15, -0.1) is 23.2 Å². The lowest BCUT2D eigenvalue weighted by Crippen LogP contribution is -2.39. The van der Waals surface area contributed by atoms with Gasteiger partial charge in [0.1, 0.15) is 34.9 Å². The molecule has 726 valence electrons. The van der Waals surface area contributed by atoms with Gasteiger partial charge >= 0.3 is 5.97 Å². The summed E-state index contributed by atoms with van der Waals surface area (Å²) in [5.74, 6) is -2.82. The van der Waals surface area contributed by atoms with Gasteiger partial charge in [0.25, 0.3) is 16.7 Å². The van der Waals surface area contributed by atoms with Gasteiger partial charge in [0.15, 0.2) is 21.3 Å². The Hall–Kier alpha value is -11.8. The van der Waals surface area contributed by atoms with E-state index < -0.39 is 39.1 Å². The number of aromatic nitrogens is 14. The van der Waals surface area contributed by atoms with E-state index in [0.717, 1.165) is 70.0 Å². The monoisotopic (exact) mass is 1990 g/mol. The standard InChI is InChI=1S/C18H15FN4O3S.2C18H15FN4OS.C15H13FN2O3S.2C6H12N2.C4H6Cl2.2C4H8N2.C2H8N2/c1-27(25,26)18-20-9-8-14(21-18)16-15(12-4-6-13(19)7-5-12)17(24)23-11-3-2-10-22(16)23;2*1-25-18-20-9-8-14(21-18)16-15(12-4-6-13(19)7-5-12)17(24)23-11-3-2-10-22(16)23;1-21-14(20)12(9-3-5-10(16)6-4-9)13(19)11-7-8-17-15(18-11)22-2;2*1-7-5-3-4-6-8(7)2;5-3-1-2-4-6;2*1-2-4-6-5-3-1;1-3-4-2/h2-9H,10-11H2,1H3;2*2-9H,10-11H2,1H3;3-8,12H,1-2H3;2*3-4H,5-6H2,1-2H3;1-2H,3-4H2;2*1-2,5-6H,3-4H2;3-4H,1-2H3/b;;;;;;2-1-;;;. The van der Waals surface area contributed by atoms with Crippen LogP contribution in [0.15, 0.2) is 278 Å². The molecule has 0 saturated heterocycles. The smallest absolute Gasteiger partial charge is 0.321 e. The van der Waals surface area contributed by atoms with Crippen LogP contribution in [-0.2, 0) is 58.6 Å². The lowest BCUT2D eigenvalue weighted by atomic mass is 9.93. The summed E-state index contributed by atoms with van der Waals surface area (Å²) in [6.07, 6.45) is 45.3. The van der Waals surface area contributed by atoms with Gasteiger partial charge < -0.3 is 4.74 Å². The first-order valence-electron chi connectivity index (χ1n) is 43.0. The number of thioether (sulfide) groups is 3. The summed E-state index contributed by atoms with van der Waals surface area (Å²) in [5.41, 5.74) is 24.1. The second kappa shape index (κ2) is 56.8. The fourth-order valence-corrected chi connectivity index (χ4v) is 15.3. The number of halogens is 6. The van der Waals surface area contributed by atoms with E-state index in [1.165, 1.54) is 134 Å². The van der Waals surface area contributed by atoms with Crippen LogP contribution in [0.2, 0.25) is 0 Å². The van der Waals surface area contributed by atoms with E-state index in [1.54, 1.807) is 79.8 Å². The van der Waals surface area contributed by atoms with Crippen molar-refractivity contribution in [3.8, 4) is 67.5 Å². The Morgan fingerprint density at radius 1 is 0.416 bits per heavy atom.